The van der Waals surface area contributed by atoms with Gasteiger partial charge in [0.25, 0.3) is 5.91 Å². The first-order chi connectivity index (χ1) is 11.6. The number of ether oxygens (including phenoxy) is 1. The summed E-state index contributed by atoms with van der Waals surface area (Å²) in [6.07, 6.45) is 2.29. The predicted molar refractivity (Wildman–Crippen MR) is 90.6 cm³/mol. The summed E-state index contributed by atoms with van der Waals surface area (Å²) in [5.41, 5.74) is 1.81. The van der Waals surface area contributed by atoms with Crippen molar-refractivity contribution in [3.63, 3.8) is 0 Å². The van der Waals surface area contributed by atoms with Gasteiger partial charge in [-0.15, -0.1) is 0 Å². The highest BCUT2D eigenvalue weighted by molar-refractivity contribution is 5.91. The van der Waals surface area contributed by atoms with E-state index in [1.807, 2.05) is 24.3 Å². The van der Waals surface area contributed by atoms with Gasteiger partial charge in [-0.2, -0.15) is 0 Å². The first kappa shape index (κ1) is 16.5. The molecule has 1 unspecified atom stereocenters. The molecular formula is C19H22FN2O2+. The highest BCUT2D eigenvalue weighted by atomic mass is 19.1. The minimum Gasteiger partial charge on any atom is -0.497 e. The molecule has 0 heterocycles. The van der Waals surface area contributed by atoms with Gasteiger partial charge in [-0.25, -0.2) is 4.39 Å². The molecule has 0 aliphatic heterocycles. The van der Waals surface area contributed by atoms with Crippen molar-refractivity contribution in [1.82, 2.24) is 0 Å². The Morgan fingerprint density at radius 2 is 1.83 bits per heavy atom. The van der Waals surface area contributed by atoms with Crippen LogP contribution in [0, 0.1) is 5.82 Å². The van der Waals surface area contributed by atoms with E-state index in [1.54, 1.807) is 19.2 Å². The fraction of sp³-hybridized carbons (Fsp3) is 0.316. The molecule has 1 atom stereocenters. The molecule has 4 nitrogen and oxygen atoms in total. The Kier molecular flexibility index (Phi) is 5.11. The number of hydrogen-bond donors (Lipinski definition) is 2. The van der Waals surface area contributed by atoms with Gasteiger partial charge in [-0.05, 0) is 36.4 Å². The van der Waals surface area contributed by atoms with Crippen LogP contribution in [0.25, 0.3) is 0 Å². The summed E-state index contributed by atoms with van der Waals surface area (Å²) in [7, 11) is 1.61. The second kappa shape index (κ2) is 7.45. The Hall–Kier alpha value is -2.40. The number of methoxy groups -OCH3 is 1. The third kappa shape index (κ3) is 4.55. The average Bonchev–Trinajstić information content (AvgIpc) is 3.42. The molecule has 0 saturated heterocycles. The molecule has 126 valence electrons. The van der Waals surface area contributed by atoms with Crippen molar-refractivity contribution in [3.05, 3.63) is 59.9 Å². The van der Waals surface area contributed by atoms with Crippen molar-refractivity contribution in [2.45, 2.75) is 25.4 Å². The van der Waals surface area contributed by atoms with Crippen LogP contribution in [-0.2, 0) is 11.3 Å². The Labute approximate surface area is 141 Å². The maximum atomic E-state index is 13.0. The summed E-state index contributed by atoms with van der Waals surface area (Å²) in [6, 6.07) is 14.3. The SMILES string of the molecule is COc1ccc(NC(=O)C[NH+](Cc2ccc(F)cc2)C2CC2)cc1. The lowest BCUT2D eigenvalue weighted by Crippen LogP contribution is -3.13. The topological polar surface area (TPSA) is 42.8 Å². The summed E-state index contributed by atoms with van der Waals surface area (Å²) >= 11 is 0. The first-order valence-electron chi connectivity index (χ1n) is 8.17. The van der Waals surface area contributed by atoms with E-state index in [1.165, 1.54) is 17.0 Å². The second-order valence-electron chi connectivity index (χ2n) is 6.19. The number of anilines is 1. The molecule has 0 radical (unpaired) electrons. The van der Waals surface area contributed by atoms with Gasteiger partial charge in [0.2, 0.25) is 0 Å². The molecule has 3 rings (SSSR count). The number of carbonyl (C=O) groups excluding carboxylic acids is 1. The molecule has 1 amide bonds. The van der Waals surface area contributed by atoms with Crippen molar-refractivity contribution >= 4 is 11.6 Å². The van der Waals surface area contributed by atoms with Gasteiger partial charge in [0, 0.05) is 24.1 Å². The molecule has 1 saturated carbocycles. The fourth-order valence-electron chi connectivity index (χ4n) is 2.79. The van der Waals surface area contributed by atoms with Gasteiger partial charge in [-0.1, -0.05) is 12.1 Å². The van der Waals surface area contributed by atoms with Crippen LogP contribution in [0.3, 0.4) is 0 Å². The van der Waals surface area contributed by atoms with E-state index in [9.17, 15) is 9.18 Å². The van der Waals surface area contributed by atoms with Crippen LogP contribution in [0.4, 0.5) is 10.1 Å². The van der Waals surface area contributed by atoms with Gasteiger partial charge >= 0.3 is 0 Å². The van der Waals surface area contributed by atoms with Crippen molar-refractivity contribution in [2.24, 2.45) is 0 Å². The second-order valence-corrected chi connectivity index (χ2v) is 6.19. The van der Waals surface area contributed by atoms with E-state index in [0.29, 0.717) is 12.6 Å². The smallest absolute Gasteiger partial charge is 0.279 e. The number of nitrogens with one attached hydrogen (secondary N) is 2. The number of rotatable bonds is 7. The summed E-state index contributed by atoms with van der Waals surface area (Å²) < 4.78 is 18.1. The van der Waals surface area contributed by atoms with Crippen molar-refractivity contribution < 1.29 is 18.8 Å². The lowest BCUT2D eigenvalue weighted by atomic mass is 10.2. The molecule has 1 aliphatic rings. The quantitative estimate of drug-likeness (QED) is 0.816. The molecule has 5 heteroatoms. The number of halogens is 1. The zero-order valence-electron chi connectivity index (χ0n) is 13.7. The van der Waals surface area contributed by atoms with Crippen LogP contribution < -0.4 is 15.0 Å². The number of amides is 1. The van der Waals surface area contributed by atoms with E-state index < -0.39 is 0 Å². The Morgan fingerprint density at radius 1 is 1.17 bits per heavy atom. The van der Waals surface area contributed by atoms with E-state index >= 15 is 0 Å². The van der Waals surface area contributed by atoms with Crippen molar-refractivity contribution in [2.75, 3.05) is 19.0 Å². The maximum Gasteiger partial charge on any atom is 0.279 e. The Bertz CT molecular complexity index is 682. The number of carbonyl (C=O) groups is 1. The molecule has 0 aromatic heterocycles. The third-order valence-corrected chi connectivity index (χ3v) is 4.26. The minimum absolute atomic E-state index is 0.0100. The van der Waals surface area contributed by atoms with Crippen molar-refractivity contribution in [3.8, 4) is 5.75 Å². The van der Waals surface area contributed by atoms with Gasteiger partial charge < -0.3 is 15.0 Å². The summed E-state index contributed by atoms with van der Waals surface area (Å²) in [5.74, 6) is 0.516. The zero-order chi connectivity index (χ0) is 16.9. The van der Waals surface area contributed by atoms with Crippen LogP contribution >= 0.6 is 0 Å². The number of benzene rings is 2. The molecule has 2 aromatic rings. The van der Waals surface area contributed by atoms with Crippen LogP contribution in [0.5, 0.6) is 5.75 Å². The molecule has 2 aromatic carbocycles. The van der Waals surface area contributed by atoms with Crippen LogP contribution in [-0.4, -0.2) is 25.6 Å². The molecule has 2 N–H and O–H groups in total. The van der Waals surface area contributed by atoms with E-state index in [4.69, 9.17) is 4.74 Å². The number of quaternary nitrogens is 1. The minimum atomic E-state index is -0.232. The molecular weight excluding hydrogens is 307 g/mol. The fourth-order valence-corrected chi connectivity index (χ4v) is 2.79. The molecule has 1 fully saturated rings. The van der Waals surface area contributed by atoms with Gasteiger partial charge in [0.15, 0.2) is 6.54 Å². The molecule has 24 heavy (non-hydrogen) atoms. The van der Waals surface area contributed by atoms with E-state index in [-0.39, 0.29) is 11.7 Å². The number of hydrogen-bond acceptors (Lipinski definition) is 2. The predicted octanol–water partition coefficient (Wildman–Crippen LogP) is 2.02. The van der Waals surface area contributed by atoms with E-state index in [0.717, 1.165) is 36.4 Å². The largest absolute Gasteiger partial charge is 0.497 e. The maximum absolute atomic E-state index is 13.0. The normalized spacial score (nSPS) is 14.9. The highest BCUT2D eigenvalue weighted by Gasteiger charge is 2.34. The lowest BCUT2D eigenvalue weighted by molar-refractivity contribution is -0.916. The van der Waals surface area contributed by atoms with Gasteiger partial charge in [-0.3, -0.25) is 4.79 Å². The summed E-state index contributed by atoms with van der Waals surface area (Å²) in [4.78, 5) is 13.6. The molecule has 0 spiro atoms. The molecule has 0 bridgehead atoms. The molecule has 1 aliphatic carbocycles. The lowest BCUT2D eigenvalue weighted by Gasteiger charge is -2.19. The van der Waals surface area contributed by atoms with Crippen LogP contribution in [0.1, 0.15) is 18.4 Å². The van der Waals surface area contributed by atoms with Crippen LogP contribution in [0.15, 0.2) is 48.5 Å². The standard InChI is InChI=1S/C19H21FN2O2/c1-24-18-10-6-16(7-11-18)21-19(23)13-22(17-8-9-17)12-14-2-4-15(20)5-3-14/h2-7,10-11,17H,8-9,12-13H2,1H3,(H,21,23)/p+1. The summed E-state index contributed by atoms with van der Waals surface area (Å²) in [5, 5.41) is 2.93. The van der Waals surface area contributed by atoms with Crippen molar-refractivity contribution in [1.29, 1.82) is 0 Å². The average molecular weight is 329 g/mol. The first-order valence-corrected chi connectivity index (χ1v) is 8.17. The highest BCUT2D eigenvalue weighted by Crippen LogP contribution is 2.17. The Morgan fingerprint density at radius 3 is 2.42 bits per heavy atom. The Balaban J connectivity index is 1.58. The zero-order valence-corrected chi connectivity index (χ0v) is 13.7. The monoisotopic (exact) mass is 329 g/mol. The van der Waals surface area contributed by atoms with Crippen LogP contribution in [0.2, 0.25) is 0 Å². The van der Waals surface area contributed by atoms with E-state index in [2.05, 4.69) is 5.32 Å². The van der Waals surface area contributed by atoms with Gasteiger partial charge in [0.1, 0.15) is 18.1 Å². The third-order valence-electron chi connectivity index (χ3n) is 4.26. The van der Waals surface area contributed by atoms with Gasteiger partial charge in [0.05, 0.1) is 13.2 Å². The summed E-state index contributed by atoms with van der Waals surface area (Å²) in [6.45, 7) is 1.15.